The highest BCUT2D eigenvalue weighted by Gasteiger charge is 2.23. The fourth-order valence-corrected chi connectivity index (χ4v) is 3.17. The quantitative estimate of drug-likeness (QED) is 0.859. The molecule has 1 aromatic heterocycles. The lowest BCUT2D eigenvalue weighted by Gasteiger charge is -2.28. The Labute approximate surface area is 143 Å². The molecule has 2 heterocycles. The van der Waals surface area contributed by atoms with Gasteiger partial charge in [-0.3, -0.25) is 9.69 Å². The SMILES string of the molecule is CCCc1nc2c(c(=O)[nH]1)CN(Cc1c(F)ccc(F)c1Cl)CC2. The zero-order valence-corrected chi connectivity index (χ0v) is 14.1. The molecule has 0 fully saturated rings. The van der Waals surface area contributed by atoms with Crippen molar-refractivity contribution in [3.05, 3.63) is 61.8 Å². The molecule has 0 unspecified atom stereocenters. The Morgan fingerprint density at radius 1 is 1.33 bits per heavy atom. The summed E-state index contributed by atoms with van der Waals surface area (Å²) in [5, 5.41) is -0.203. The van der Waals surface area contributed by atoms with Gasteiger partial charge in [-0.1, -0.05) is 18.5 Å². The second kappa shape index (κ2) is 6.99. The number of H-pyrrole nitrogens is 1. The first-order valence-electron chi connectivity index (χ1n) is 7.95. The van der Waals surface area contributed by atoms with E-state index in [-0.39, 0.29) is 22.7 Å². The minimum absolute atomic E-state index is 0.118. The summed E-state index contributed by atoms with van der Waals surface area (Å²) in [6.07, 6.45) is 2.24. The monoisotopic (exact) mass is 353 g/mol. The average molecular weight is 354 g/mol. The number of aromatic nitrogens is 2. The number of hydrogen-bond donors (Lipinski definition) is 1. The number of halogens is 3. The third kappa shape index (κ3) is 3.35. The fourth-order valence-electron chi connectivity index (χ4n) is 2.96. The largest absolute Gasteiger partial charge is 0.310 e. The van der Waals surface area contributed by atoms with Crippen LogP contribution in [0.5, 0.6) is 0 Å². The Kier molecular flexibility index (Phi) is 4.96. The van der Waals surface area contributed by atoms with Gasteiger partial charge in [0, 0.05) is 38.0 Å². The molecule has 4 nitrogen and oxygen atoms in total. The van der Waals surface area contributed by atoms with Gasteiger partial charge in [-0.15, -0.1) is 0 Å². The van der Waals surface area contributed by atoms with Gasteiger partial charge in [-0.25, -0.2) is 13.8 Å². The molecule has 0 radical (unpaired) electrons. The first-order valence-corrected chi connectivity index (χ1v) is 8.33. The van der Waals surface area contributed by atoms with Crippen LogP contribution < -0.4 is 5.56 Å². The van der Waals surface area contributed by atoms with Gasteiger partial charge >= 0.3 is 0 Å². The van der Waals surface area contributed by atoms with Crippen molar-refractivity contribution in [3.8, 4) is 0 Å². The number of nitrogens with one attached hydrogen (secondary N) is 1. The van der Waals surface area contributed by atoms with Crippen LogP contribution in [0.2, 0.25) is 5.02 Å². The van der Waals surface area contributed by atoms with Crippen molar-refractivity contribution < 1.29 is 8.78 Å². The van der Waals surface area contributed by atoms with Gasteiger partial charge in [0.2, 0.25) is 0 Å². The van der Waals surface area contributed by atoms with E-state index in [1.807, 2.05) is 11.8 Å². The van der Waals surface area contributed by atoms with Crippen LogP contribution in [0.15, 0.2) is 16.9 Å². The van der Waals surface area contributed by atoms with E-state index in [9.17, 15) is 13.6 Å². The molecule has 0 bridgehead atoms. The molecule has 0 amide bonds. The summed E-state index contributed by atoms with van der Waals surface area (Å²) in [5.41, 5.74) is 1.35. The van der Waals surface area contributed by atoms with Gasteiger partial charge in [0.1, 0.15) is 17.5 Å². The predicted octanol–water partition coefficient (Wildman–Crippen LogP) is 3.21. The third-order valence-electron chi connectivity index (χ3n) is 4.20. The molecule has 0 saturated heterocycles. The maximum atomic E-state index is 13.9. The summed E-state index contributed by atoms with van der Waals surface area (Å²) in [6.45, 7) is 3.13. The Hall–Kier alpha value is -1.79. The highest BCUT2D eigenvalue weighted by Crippen LogP contribution is 2.26. The molecule has 0 aliphatic carbocycles. The van der Waals surface area contributed by atoms with Crippen molar-refractivity contribution in [1.82, 2.24) is 14.9 Å². The van der Waals surface area contributed by atoms with Crippen molar-refractivity contribution in [2.45, 2.75) is 39.3 Å². The highest BCUT2D eigenvalue weighted by molar-refractivity contribution is 6.31. The number of hydrogen-bond acceptors (Lipinski definition) is 3. The molecule has 0 saturated carbocycles. The van der Waals surface area contributed by atoms with Gasteiger partial charge in [0.05, 0.1) is 16.3 Å². The van der Waals surface area contributed by atoms with Crippen LogP contribution >= 0.6 is 11.6 Å². The topological polar surface area (TPSA) is 49.0 Å². The van der Waals surface area contributed by atoms with Crippen molar-refractivity contribution >= 4 is 11.6 Å². The molecular weight excluding hydrogens is 336 g/mol. The standard InChI is InChI=1S/C17H18ClF2N3O/c1-2-3-15-21-14-6-7-23(9-11(14)17(24)22-15)8-10-12(19)4-5-13(20)16(10)18/h4-5H,2-3,6-9H2,1H3,(H,21,22,24). The van der Waals surface area contributed by atoms with E-state index < -0.39 is 11.6 Å². The Bertz CT molecular complexity index is 822. The van der Waals surface area contributed by atoms with E-state index >= 15 is 0 Å². The Morgan fingerprint density at radius 2 is 2.08 bits per heavy atom. The Balaban J connectivity index is 1.84. The van der Waals surface area contributed by atoms with Gasteiger partial charge in [0.25, 0.3) is 5.56 Å². The van der Waals surface area contributed by atoms with Crippen molar-refractivity contribution in [1.29, 1.82) is 0 Å². The molecule has 3 rings (SSSR count). The summed E-state index contributed by atoms with van der Waals surface area (Å²) < 4.78 is 27.5. The van der Waals surface area contributed by atoms with Crippen molar-refractivity contribution in [2.75, 3.05) is 6.54 Å². The van der Waals surface area contributed by atoms with Gasteiger partial charge in [-0.2, -0.15) is 0 Å². The van der Waals surface area contributed by atoms with Gasteiger partial charge in [-0.05, 0) is 18.6 Å². The molecule has 1 aromatic carbocycles. The van der Waals surface area contributed by atoms with E-state index in [0.29, 0.717) is 30.9 Å². The van der Waals surface area contributed by atoms with Crippen LogP contribution in [0.3, 0.4) is 0 Å². The van der Waals surface area contributed by atoms with E-state index in [4.69, 9.17) is 11.6 Å². The average Bonchev–Trinajstić information content (AvgIpc) is 2.56. The summed E-state index contributed by atoms with van der Waals surface area (Å²) >= 11 is 5.88. The summed E-state index contributed by atoms with van der Waals surface area (Å²) in [4.78, 5) is 21.5. The maximum Gasteiger partial charge on any atom is 0.255 e. The van der Waals surface area contributed by atoms with E-state index in [2.05, 4.69) is 9.97 Å². The second-order valence-electron chi connectivity index (χ2n) is 5.97. The second-order valence-corrected chi connectivity index (χ2v) is 6.35. The zero-order chi connectivity index (χ0) is 17.3. The summed E-state index contributed by atoms with van der Waals surface area (Å²) in [7, 11) is 0. The van der Waals surface area contributed by atoms with Gasteiger partial charge < -0.3 is 4.98 Å². The molecule has 0 spiro atoms. The number of rotatable bonds is 4. The van der Waals surface area contributed by atoms with Gasteiger partial charge in [0.15, 0.2) is 0 Å². The van der Waals surface area contributed by atoms with Crippen LogP contribution in [0.25, 0.3) is 0 Å². The molecule has 1 N–H and O–H groups in total. The van der Waals surface area contributed by atoms with Crippen LogP contribution in [-0.4, -0.2) is 21.4 Å². The molecular formula is C17H18ClF2N3O. The zero-order valence-electron chi connectivity index (χ0n) is 13.3. The number of nitrogens with zero attached hydrogens (tertiary/aromatic N) is 2. The van der Waals surface area contributed by atoms with E-state index in [1.165, 1.54) is 0 Å². The molecule has 128 valence electrons. The normalized spacial score (nSPS) is 14.7. The predicted molar refractivity (Wildman–Crippen MR) is 88.0 cm³/mol. The smallest absolute Gasteiger partial charge is 0.255 e. The molecule has 7 heteroatoms. The van der Waals surface area contributed by atoms with E-state index in [0.717, 1.165) is 30.7 Å². The number of benzene rings is 1. The van der Waals surface area contributed by atoms with Crippen LogP contribution in [0.4, 0.5) is 8.78 Å². The number of aromatic amines is 1. The van der Waals surface area contributed by atoms with Crippen LogP contribution in [0, 0.1) is 11.6 Å². The lowest BCUT2D eigenvalue weighted by atomic mass is 10.1. The first kappa shape index (κ1) is 17.0. The van der Waals surface area contributed by atoms with Crippen LogP contribution in [-0.2, 0) is 25.9 Å². The molecule has 1 aliphatic rings. The minimum atomic E-state index is -0.644. The lowest BCUT2D eigenvalue weighted by Crippen LogP contribution is -2.36. The van der Waals surface area contributed by atoms with Crippen LogP contribution in [0.1, 0.15) is 36.0 Å². The Morgan fingerprint density at radius 3 is 2.83 bits per heavy atom. The minimum Gasteiger partial charge on any atom is -0.310 e. The van der Waals surface area contributed by atoms with Crippen molar-refractivity contribution in [3.63, 3.8) is 0 Å². The number of fused-ring (bicyclic) bond motifs is 1. The first-order chi connectivity index (χ1) is 11.5. The van der Waals surface area contributed by atoms with Crippen molar-refractivity contribution in [2.24, 2.45) is 0 Å². The molecule has 1 aliphatic heterocycles. The maximum absolute atomic E-state index is 13.9. The summed E-state index contributed by atoms with van der Waals surface area (Å²) in [5.74, 6) is -0.486. The summed E-state index contributed by atoms with van der Waals surface area (Å²) in [6, 6.07) is 2.08. The molecule has 24 heavy (non-hydrogen) atoms. The molecule has 0 atom stereocenters. The number of aryl methyl sites for hydroxylation is 1. The molecule has 2 aromatic rings. The fraction of sp³-hybridized carbons (Fsp3) is 0.412. The third-order valence-corrected chi connectivity index (χ3v) is 4.61. The lowest BCUT2D eigenvalue weighted by molar-refractivity contribution is 0.238. The highest BCUT2D eigenvalue weighted by atomic mass is 35.5. The van der Waals surface area contributed by atoms with E-state index in [1.54, 1.807) is 0 Å².